The molecule has 0 amide bonds. The second-order valence-electron chi connectivity index (χ2n) is 9.58. The van der Waals surface area contributed by atoms with E-state index in [1.807, 2.05) is 35.0 Å². The number of nitrogens with two attached hydrogens (primary N) is 1. The maximum absolute atomic E-state index is 15.2. The number of pyridine rings is 1. The van der Waals surface area contributed by atoms with Gasteiger partial charge in [0.05, 0.1) is 23.4 Å². The van der Waals surface area contributed by atoms with Gasteiger partial charge in [-0.15, -0.1) is 0 Å². The number of nitrogen functional groups attached to an aromatic ring is 1. The van der Waals surface area contributed by atoms with Gasteiger partial charge in [-0.25, -0.2) is 9.37 Å². The van der Waals surface area contributed by atoms with E-state index in [0.717, 1.165) is 35.0 Å². The lowest BCUT2D eigenvalue weighted by molar-refractivity contribution is 0.282. The number of halogens is 1. The first kappa shape index (κ1) is 22.8. The average Bonchev–Trinajstić information content (AvgIpc) is 3.44. The van der Waals surface area contributed by atoms with Crippen LogP contribution in [-0.2, 0) is 6.61 Å². The topological polar surface area (TPSA) is 110 Å². The summed E-state index contributed by atoms with van der Waals surface area (Å²) in [7, 11) is 0. The van der Waals surface area contributed by atoms with Crippen LogP contribution in [0.3, 0.4) is 0 Å². The number of aliphatic hydroxyl groups is 1. The quantitative estimate of drug-likeness (QED) is 0.267. The SMILES string of the molecule is Nc1nc(-c2cccc(-n3ccc4cc(C5CC5)cc(F)c4c3=O)c2CO)c2cc(-c3ccsc3)[nH]c2n1. The summed E-state index contributed by atoms with van der Waals surface area (Å²) < 4.78 is 16.5. The number of benzene rings is 2. The lowest BCUT2D eigenvalue weighted by atomic mass is 10.00. The Kier molecular flexibility index (Phi) is 5.17. The van der Waals surface area contributed by atoms with E-state index in [1.165, 1.54) is 10.6 Å². The van der Waals surface area contributed by atoms with Gasteiger partial charge in [-0.3, -0.25) is 9.36 Å². The summed E-state index contributed by atoms with van der Waals surface area (Å²) in [5, 5.41) is 15.9. The molecule has 0 atom stereocenters. The van der Waals surface area contributed by atoms with Crippen LogP contribution in [0, 0.1) is 5.82 Å². The summed E-state index contributed by atoms with van der Waals surface area (Å²) in [6.45, 7) is -0.369. The summed E-state index contributed by atoms with van der Waals surface area (Å²) in [5.74, 6) is -0.0687. The summed E-state index contributed by atoms with van der Waals surface area (Å²) in [4.78, 5) is 25.7. The molecule has 1 aliphatic carbocycles. The van der Waals surface area contributed by atoms with Gasteiger partial charge < -0.3 is 15.8 Å². The number of H-pyrrole nitrogens is 1. The maximum atomic E-state index is 15.2. The normalized spacial score (nSPS) is 13.5. The third kappa shape index (κ3) is 3.62. The molecule has 2 aromatic carbocycles. The Hall–Kier alpha value is -4.34. The van der Waals surface area contributed by atoms with Crippen molar-refractivity contribution < 1.29 is 9.50 Å². The molecule has 4 aromatic heterocycles. The molecule has 1 fully saturated rings. The zero-order valence-corrected chi connectivity index (χ0v) is 20.9. The third-order valence-electron chi connectivity index (χ3n) is 7.19. The van der Waals surface area contributed by atoms with Crippen LogP contribution in [0.2, 0.25) is 0 Å². The van der Waals surface area contributed by atoms with Gasteiger partial charge in [0.25, 0.3) is 5.56 Å². The zero-order valence-electron chi connectivity index (χ0n) is 20.1. The Balaban J connectivity index is 1.43. The molecule has 4 N–H and O–H groups in total. The molecule has 7 nitrogen and oxygen atoms in total. The van der Waals surface area contributed by atoms with E-state index in [2.05, 4.69) is 15.0 Å². The van der Waals surface area contributed by atoms with Crippen LogP contribution >= 0.6 is 11.3 Å². The molecule has 0 bridgehead atoms. The molecule has 0 spiro atoms. The number of anilines is 1. The van der Waals surface area contributed by atoms with Crippen molar-refractivity contribution in [3.63, 3.8) is 0 Å². The number of aliphatic hydroxyl groups excluding tert-OH is 1. The first-order chi connectivity index (χ1) is 18.5. The minimum Gasteiger partial charge on any atom is -0.392 e. The van der Waals surface area contributed by atoms with E-state index in [-0.39, 0.29) is 17.9 Å². The number of hydrogen-bond donors (Lipinski definition) is 3. The molecular formula is C29H22FN5O2S. The van der Waals surface area contributed by atoms with Crippen LogP contribution in [-0.4, -0.2) is 24.6 Å². The number of hydrogen-bond acceptors (Lipinski definition) is 6. The number of aromatic nitrogens is 4. The molecule has 9 heteroatoms. The number of fused-ring (bicyclic) bond motifs is 2. The second-order valence-corrected chi connectivity index (χ2v) is 10.4. The van der Waals surface area contributed by atoms with Gasteiger partial charge in [-0.1, -0.05) is 18.2 Å². The van der Waals surface area contributed by atoms with Gasteiger partial charge in [0.1, 0.15) is 11.5 Å². The first-order valence-electron chi connectivity index (χ1n) is 12.3. The molecule has 7 rings (SSSR count). The van der Waals surface area contributed by atoms with Crippen LogP contribution in [0.25, 0.3) is 50.0 Å². The Morgan fingerprint density at radius 1 is 1.16 bits per heavy atom. The van der Waals surface area contributed by atoms with Gasteiger partial charge in [0.15, 0.2) is 0 Å². The van der Waals surface area contributed by atoms with E-state index in [9.17, 15) is 9.90 Å². The molecule has 6 aromatic rings. The van der Waals surface area contributed by atoms with Crippen LogP contribution in [0.4, 0.5) is 10.3 Å². The largest absolute Gasteiger partial charge is 0.392 e. The van der Waals surface area contributed by atoms with E-state index >= 15 is 4.39 Å². The Bertz CT molecular complexity index is 1920. The second kappa shape index (κ2) is 8.61. The van der Waals surface area contributed by atoms with Crippen molar-refractivity contribution in [1.82, 2.24) is 19.5 Å². The Labute approximate surface area is 220 Å². The molecule has 188 valence electrons. The fourth-order valence-corrected chi connectivity index (χ4v) is 5.84. The van der Waals surface area contributed by atoms with E-state index in [0.29, 0.717) is 39.5 Å². The van der Waals surface area contributed by atoms with Crippen LogP contribution in [0.5, 0.6) is 0 Å². The van der Waals surface area contributed by atoms with Gasteiger partial charge in [-0.05, 0) is 65.4 Å². The lowest BCUT2D eigenvalue weighted by Gasteiger charge is -2.16. The van der Waals surface area contributed by atoms with Crippen LogP contribution in [0.1, 0.15) is 29.9 Å². The molecule has 1 saturated carbocycles. The standard InChI is InChI=1S/C29H22FN5O2S/c30-22-11-18(15-4-5-15)10-16-6-8-35(28(37)25(16)22)24-3-1-2-19(21(24)13-36)26-20-12-23(17-7-9-38-14-17)32-27(20)34-29(31)33-26/h1-3,6-12,14-15,36H,4-5,13H2,(H3,31,32,33,34). The Morgan fingerprint density at radius 2 is 2.03 bits per heavy atom. The summed E-state index contributed by atoms with van der Waals surface area (Å²) in [6, 6.07) is 14.4. The molecule has 0 unspecified atom stereocenters. The first-order valence-corrected chi connectivity index (χ1v) is 13.2. The smallest absolute Gasteiger partial charge is 0.265 e. The highest BCUT2D eigenvalue weighted by Gasteiger charge is 2.25. The van der Waals surface area contributed by atoms with Crippen molar-refractivity contribution in [1.29, 1.82) is 0 Å². The molecule has 4 heterocycles. The average molecular weight is 524 g/mol. The monoisotopic (exact) mass is 523 g/mol. The molecule has 1 aliphatic rings. The van der Waals surface area contributed by atoms with Gasteiger partial charge in [0, 0.05) is 39.3 Å². The predicted molar refractivity (Wildman–Crippen MR) is 148 cm³/mol. The number of thiophene rings is 1. The van der Waals surface area contributed by atoms with Crippen molar-refractivity contribution in [3.05, 3.63) is 92.8 Å². The molecule has 0 radical (unpaired) electrons. The highest BCUT2D eigenvalue weighted by molar-refractivity contribution is 7.08. The predicted octanol–water partition coefficient (Wildman–Crippen LogP) is 5.75. The summed E-state index contributed by atoms with van der Waals surface area (Å²) >= 11 is 1.59. The molecule has 0 saturated heterocycles. The highest BCUT2D eigenvalue weighted by Crippen LogP contribution is 2.41. The van der Waals surface area contributed by atoms with Gasteiger partial charge in [-0.2, -0.15) is 16.3 Å². The number of rotatable bonds is 5. The van der Waals surface area contributed by atoms with Crippen molar-refractivity contribution in [2.24, 2.45) is 0 Å². The lowest BCUT2D eigenvalue weighted by Crippen LogP contribution is -2.20. The van der Waals surface area contributed by atoms with Crippen LogP contribution in [0.15, 0.2) is 70.3 Å². The van der Waals surface area contributed by atoms with Crippen molar-refractivity contribution >= 4 is 39.1 Å². The Morgan fingerprint density at radius 3 is 2.79 bits per heavy atom. The molecular weight excluding hydrogens is 501 g/mol. The van der Waals surface area contributed by atoms with Crippen molar-refractivity contribution in [3.8, 4) is 28.2 Å². The third-order valence-corrected chi connectivity index (χ3v) is 7.87. The van der Waals surface area contributed by atoms with E-state index < -0.39 is 11.4 Å². The number of aromatic amines is 1. The molecule has 38 heavy (non-hydrogen) atoms. The van der Waals surface area contributed by atoms with Crippen LogP contribution < -0.4 is 11.3 Å². The minimum atomic E-state index is -0.524. The van der Waals surface area contributed by atoms with Gasteiger partial charge in [0.2, 0.25) is 5.95 Å². The number of nitrogens with one attached hydrogen (secondary N) is 1. The number of nitrogens with zero attached hydrogens (tertiary/aromatic N) is 3. The summed E-state index contributed by atoms with van der Waals surface area (Å²) in [6.07, 6.45) is 3.73. The summed E-state index contributed by atoms with van der Waals surface area (Å²) in [5.41, 5.74) is 11.0. The fraction of sp³-hybridized carbons (Fsp3) is 0.138. The van der Waals surface area contributed by atoms with E-state index in [1.54, 1.807) is 35.7 Å². The highest BCUT2D eigenvalue weighted by atomic mass is 32.1. The van der Waals surface area contributed by atoms with Crippen molar-refractivity contribution in [2.45, 2.75) is 25.4 Å². The van der Waals surface area contributed by atoms with Crippen molar-refractivity contribution in [2.75, 3.05) is 5.73 Å². The minimum absolute atomic E-state index is 0.0332. The van der Waals surface area contributed by atoms with E-state index in [4.69, 9.17) is 5.73 Å². The fourth-order valence-electron chi connectivity index (χ4n) is 5.19. The van der Waals surface area contributed by atoms with Gasteiger partial charge >= 0.3 is 0 Å². The molecule has 0 aliphatic heterocycles. The zero-order chi connectivity index (χ0) is 26.0. The maximum Gasteiger partial charge on any atom is 0.265 e.